The van der Waals surface area contributed by atoms with Gasteiger partial charge in [0.15, 0.2) is 0 Å². The minimum absolute atomic E-state index is 0.0842. The maximum absolute atomic E-state index is 11.5. The molecule has 1 unspecified atom stereocenters. The molecule has 0 radical (unpaired) electrons. The van der Waals surface area contributed by atoms with Crippen molar-refractivity contribution in [1.29, 1.82) is 0 Å². The number of nitrogens with zero attached hydrogens (tertiary/aromatic N) is 1. The second-order valence-corrected chi connectivity index (χ2v) is 3.36. The fourth-order valence-electron chi connectivity index (χ4n) is 1.43. The van der Waals surface area contributed by atoms with Crippen LogP contribution in [0.3, 0.4) is 0 Å². The van der Waals surface area contributed by atoms with E-state index >= 15 is 0 Å². The summed E-state index contributed by atoms with van der Waals surface area (Å²) in [6.45, 7) is 2.61. The molecule has 4 heteroatoms. The van der Waals surface area contributed by atoms with Gasteiger partial charge in [-0.3, -0.25) is 14.5 Å². The van der Waals surface area contributed by atoms with E-state index in [0.29, 0.717) is 19.4 Å². The van der Waals surface area contributed by atoms with Crippen molar-refractivity contribution in [1.82, 2.24) is 10.2 Å². The fourth-order valence-corrected chi connectivity index (χ4v) is 1.43. The third kappa shape index (κ3) is 2.42. The van der Waals surface area contributed by atoms with Crippen LogP contribution in [0.1, 0.15) is 19.8 Å². The van der Waals surface area contributed by atoms with Crippen molar-refractivity contribution >= 4 is 11.8 Å². The van der Waals surface area contributed by atoms with Crippen molar-refractivity contribution < 1.29 is 9.59 Å². The molecule has 1 heterocycles. The lowest BCUT2D eigenvalue weighted by atomic mass is 10.0. The van der Waals surface area contributed by atoms with Gasteiger partial charge in [-0.15, -0.1) is 0 Å². The highest BCUT2D eigenvalue weighted by atomic mass is 16.2. The van der Waals surface area contributed by atoms with E-state index in [1.54, 1.807) is 0 Å². The zero-order valence-electron chi connectivity index (χ0n) is 8.62. The molecule has 1 N–H and O–H groups in total. The number of allylic oxidation sites excluding steroid dienone is 1. The van der Waals surface area contributed by atoms with E-state index in [9.17, 15) is 9.59 Å². The van der Waals surface area contributed by atoms with Crippen LogP contribution in [0.2, 0.25) is 0 Å². The number of carbonyl (C=O) groups is 2. The van der Waals surface area contributed by atoms with Gasteiger partial charge in [-0.05, 0) is 13.3 Å². The Kier molecular flexibility index (Phi) is 3.83. The van der Waals surface area contributed by atoms with Crippen LogP contribution in [-0.2, 0) is 9.59 Å². The Labute approximate surface area is 84.0 Å². The molecule has 1 aliphatic rings. The molecule has 2 amide bonds. The monoisotopic (exact) mass is 196 g/mol. The van der Waals surface area contributed by atoms with Crippen LogP contribution in [0.5, 0.6) is 0 Å². The molecule has 0 aromatic rings. The van der Waals surface area contributed by atoms with E-state index in [1.165, 1.54) is 11.9 Å². The van der Waals surface area contributed by atoms with Gasteiger partial charge < -0.3 is 5.32 Å². The summed E-state index contributed by atoms with van der Waals surface area (Å²) in [4.78, 5) is 23.9. The van der Waals surface area contributed by atoms with E-state index in [-0.39, 0.29) is 17.9 Å². The molecular formula is C10H16N2O2. The van der Waals surface area contributed by atoms with Crippen LogP contribution in [-0.4, -0.2) is 36.3 Å². The predicted molar refractivity (Wildman–Crippen MR) is 53.6 cm³/mol. The number of likely N-dealkylation sites (tertiary alicyclic amines) is 1. The molecule has 1 aliphatic heterocycles. The summed E-state index contributed by atoms with van der Waals surface area (Å²) in [5, 5.41) is 3.09. The van der Waals surface area contributed by atoms with Crippen molar-refractivity contribution in [2.45, 2.75) is 25.8 Å². The van der Waals surface area contributed by atoms with Crippen molar-refractivity contribution in [3.05, 3.63) is 12.2 Å². The van der Waals surface area contributed by atoms with Gasteiger partial charge in [-0.25, -0.2) is 0 Å². The van der Waals surface area contributed by atoms with Gasteiger partial charge in [0.25, 0.3) is 0 Å². The zero-order chi connectivity index (χ0) is 10.6. The van der Waals surface area contributed by atoms with Crippen molar-refractivity contribution in [2.75, 3.05) is 13.6 Å². The Hall–Kier alpha value is -1.16. The number of likely N-dealkylation sites (N-methyl/N-ethyl adjacent to an activating group) is 1. The Morgan fingerprint density at radius 1 is 1.57 bits per heavy atom. The minimum atomic E-state index is -0.200. The molecule has 0 aromatic carbocycles. The highest BCUT2D eigenvalue weighted by Crippen LogP contribution is 2.10. The van der Waals surface area contributed by atoms with Gasteiger partial charge in [0.05, 0.1) is 6.04 Å². The predicted octanol–water partition coefficient (Wildman–Crippen LogP) is 0.299. The highest BCUT2D eigenvalue weighted by molar-refractivity contribution is 6.00. The first-order valence-electron chi connectivity index (χ1n) is 4.81. The zero-order valence-corrected chi connectivity index (χ0v) is 8.62. The molecule has 14 heavy (non-hydrogen) atoms. The summed E-state index contributed by atoms with van der Waals surface area (Å²) >= 11 is 0. The molecule has 1 atom stereocenters. The van der Waals surface area contributed by atoms with Gasteiger partial charge in [-0.1, -0.05) is 12.2 Å². The fraction of sp³-hybridized carbons (Fsp3) is 0.600. The van der Waals surface area contributed by atoms with Crippen LogP contribution in [0.25, 0.3) is 0 Å². The summed E-state index contributed by atoms with van der Waals surface area (Å²) in [6, 6.07) is -0.200. The van der Waals surface area contributed by atoms with Crippen molar-refractivity contribution in [3.8, 4) is 0 Å². The van der Waals surface area contributed by atoms with Crippen LogP contribution >= 0.6 is 0 Å². The van der Waals surface area contributed by atoms with E-state index < -0.39 is 0 Å². The summed E-state index contributed by atoms with van der Waals surface area (Å²) in [5.74, 6) is -0.204. The van der Waals surface area contributed by atoms with E-state index in [1.807, 2.05) is 19.1 Å². The minimum Gasteiger partial charge on any atom is -0.302 e. The lowest BCUT2D eigenvalue weighted by Crippen LogP contribution is -2.51. The third-order valence-electron chi connectivity index (χ3n) is 2.37. The average Bonchev–Trinajstić information content (AvgIpc) is 2.18. The Balaban J connectivity index is 2.47. The molecule has 4 nitrogen and oxygen atoms in total. The Bertz CT molecular complexity index is 261. The van der Waals surface area contributed by atoms with Gasteiger partial charge >= 0.3 is 0 Å². The van der Waals surface area contributed by atoms with Crippen molar-refractivity contribution in [2.24, 2.45) is 0 Å². The number of hydrogen-bond donors (Lipinski definition) is 1. The number of hydrogen-bond acceptors (Lipinski definition) is 3. The van der Waals surface area contributed by atoms with E-state index in [2.05, 4.69) is 5.32 Å². The van der Waals surface area contributed by atoms with Crippen molar-refractivity contribution in [3.63, 3.8) is 0 Å². The second kappa shape index (κ2) is 4.91. The number of amides is 2. The van der Waals surface area contributed by atoms with E-state index in [0.717, 1.165) is 0 Å². The number of imide groups is 1. The van der Waals surface area contributed by atoms with Gasteiger partial charge in [0.2, 0.25) is 11.8 Å². The van der Waals surface area contributed by atoms with Crippen LogP contribution in [0.4, 0.5) is 0 Å². The molecule has 0 aromatic heterocycles. The van der Waals surface area contributed by atoms with Gasteiger partial charge in [0, 0.05) is 20.0 Å². The molecule has 0 aliphatic carbocycles. The maximum atomic E-state index is 11.5. The summed E-state index contributed by atoms with van der Waals surface area (Å²) < 4.78 is 0. The smallest absolute Gasteiger partial charge is 0.246 e. The summed E-state index contributed by atoms with van der Waals surface area (Å²) in [7, 11) is 1.54. The first-order valence-corrected chi connectivity index (χ1v) is 4.81. The Morgan fingerprint density at radius 2 is 2.29 bits per heavy atom. The molecule has 0 bridgehead atoms. The number of piperidine rings is 1. The molecular weight excluding hydrogens is 180 g/mol. The highest BCUT2D eigenvalue weighted by Gasteiger charge is 2.30. The van der Waals surface area contributed by atoms with Crippen LogP contribution < -0.4 is 5.32 Å². The molecule has 1 fully saturated rings. The summed E-state index contributed by atoms with van der Waals surface area (Å²) in [6.07, 6.45) is 4.94. The summed E-state index contributed by atoms with van der Waals surface area (Å²) in [5.41, 5.74) is 0. The van der Waals surface area contributed by atoms with Gasteiger partial charge in [-0.2, -0.15) is 0 Å². The van der Waals surface area contributed by atoms with Gasteiger partial charge in [0.1, 0.15) is 0 Å². The molecule has 0 spiro atoms. The molecule has 0 saturated carbocycles. The molecule has 1 saturated heterocycles. The van der Waals surface area contributed by atoms with Crippen LogP contribution in [0.15, 0.2) is 12.2 Å². The first kappa shape index (κ1) is 10.9. The van der Waals surface area contributed by atoms with Crippen LogP contribution in [0, 0.1) is 0 Å². The normalized spacial score (nSPS) is 23.6. The lowest BCUT2D eigenvalue weighted by Gasteiger charge is -2.27. The second-order valence-electron chi connectivity index (χ2n) is 3.36. The topological polar surface area (TPSA) is 49.4 Å². The van der Waals surface area contributed by atoms with E-state index in [4.69, 9.17) is 0 Å². The first-order chi connectivity index (χ1) is 6.66. The third-order valence-corrected chi connectivity index (χ3v) is 2.37. The number of rotatable bonds is 3. The number of nitrogens with one attached hydrogen (secondary N) is 1. The standard InChI is InChI=1S/C10H16N2O2/c1-3-4-7-11-8-5-6-9(13)12(2)10(8)14/h3-4,8,11H,5-7H2,1-2H3/b4-3+. The molecule has 78 valence electrons. The SMILES string of the molecule is C/C=C/CNC1CCC(=O)N(C)C1=O. The lowest BCUT2D eigenvalue weighted by molar-refractivity contribution is -0.147. The Morgan fingerprint density at radius 3 is 2.93 bits per heavy atom. The molecule has 1 rings (SSSR count). The number of carbonyl (C=O) groups excluding carboxylic acids is 2. The maximum Gasteiger partial charge on any atom is 0.246 e. The average molecular weight is 196 g/mol. The largest absolute Gasteiger partial charge is 0.302 e. The quantitative estimate of drug-likeness (QED) is 0.521.